The average molecular weight is 435 g/mol. The first-order valence-electron chi connectivity index (χ1n) is 11.0. The zero-order chi connectivity index (χ0) is 22.3. The van der Waals surface area contributed by atoms with Crippen molar-refractivity contribution in [2.45, 2.75) is 25.9 Å². The highest BCUT2D eigenvalue weighted by atomic mass is 16.5. The fourth-order valence-electron chi connectivity index (χ4n) is 3.94. The molecule has 1 aliphatic heterocycles. The van der Waals surface area contributed by atoms with E-state index in [4.69, 9.17) is 4.74 Å². The van der Waals surface area contributed by atoms with Crippen LogP contribution in [0.25, 0.3) is 5.69 Å². The fourth-order valence-corrected chi connectivity index (χ4v) is 3.94. The largest absolute Gasteiger partial charge is 0.497 e. The van der Waals surface area contributed by atoms with E-state index in [0.717, 1.165) is 56.1 Å². The molecule has 4 rings (SSSR count). The highest BCUT2D eigenvalue weighted by Gasteiger charge is 2.21. The van der Waals surface area contributed by atoms with Crippen molar-refractivity contribution in [1.29, 1.82) is 0 Å². The maximum Gasteiger partial charge on any atom is 0.317 e. The molecule has 1 saturated heterocycles. The van der Waals surface area contributed by atoms with Gasteiger partial charge in [-0.25, -0.2) is 14.5 Å². The molecule has 0 aliphatic carbocycles. The van der Waals surface area contributed by atoms with E-state index >= 15 is 0 Å². The predicted molar refractivity (Wildman–Crippen MR) is 123 cm³/mol. The number of carbonyl (C=O) groups excluding carboxylic acids is 1. The number of rotatable bonds is 6. The van der Waals surface area contributed by atoms with Gasteiger partial charge in [0.15, 0.2) is 0 Å². The summed E-state index contributed by atoms with van der Waals surface area (Å²) in [6.07, 6.45) is 4.14. The zero-order valence-corrected chi connectivity index (χ0v) is 18.6. The van der Waals surface area contributed by atoms with Crippen LogP contribution in [-0.4, -0.2) is 63.9 Å². The molecule has 2 heterocycles. The monoisotopic (exact) mass is 434 g/mol. The Balaban J connectivity index is 1.28. The van der Waals surface area contributed by atoms with Gasteiger partial charge in [0, 0.05) is 32.7 Å². The van der Waals surface area contributed by atoms with Gasteiger partial charge in [-0.05, 0) is 48.7 Å². The van der Waals surface area contributed by atoms with Crippen LogP contribution in [0.2, 0.25) is 0 Å². The third-order valence-electron chi connectivity index (χ3n) is 5.86. The molecule has 1 atom stereocenters. The third-order valence-corrected chi connectivity index (χ3v) is 5.86. The number of nitrogens with zero attached hydrogens (tertiary/aromatic N) is 5. The number of aromatic nitrogens is 3. The second-order valence-electron chi connectivity index (χ2n) is 8.07. The lowest BCUT2D eigenvalue weighted by Crippen LogP contribution is -2.42. The molecule has 32 heavy (non-hydrogen) atoms. The van der Waals surface area contributed by atoms with Crippen LogP contribution in [0.3, 0.4) is 0 Å². The highest BCUT2D eigenvalue weighted by Crippen LogP contribution is 2.17. The SMILES string of the molecule is COc1ccc(CN2CCCN(C(=O)NC(C)c3ccc(-n4cncn4)cc3)CC2)cc1. The topological polar surface area (TPSA) is 75.5 Å². The molecule has 1 unspecified atom stereocenters. The van der Waals surface area contributed by atoms with Gasteiger partial charge < -0.3 is 15.0 Å². The molecule has 2 aromatic carbocycles. The molecule has 0 bridgehead atoms. The molecule has 1 aliphatic rings. The molecule has 1 N–H and O–H groups in total. The van der Waals surface area contributed by atoms with Crippen LogP contribution in [0.4, 0.5) is 4.79 Å². The van der Waals surface area contributed by atoms with Gasteiger partial charge in [-0.3, -0.25) is 4.90 Å². The van der Waals surface area contributed by atoms with E-state index in [2.05, 4.69) is 32.4 Å². The van der Waals surface area contributed by atoms with Gasteiger partial charge in [0.2, 0.25) is 0 Å². The second-order valence-corrected chi connectivity index (χ2v) is 8.07. The summed E-state index contributed by atoms with van der Waals surface area (Å²) in [5.41, 5.74) is 3.25. The van der Waals surface area contributed by atoms with Crippen LogP contribution in [-0.2, 0) is 6.54 Å². The minimum Gasteiger partial charge on any atom is -0.497 e. The van der Waals surface area contributed by atoms with Crippen molar-refractivity contribution in [3.05, 3.63) is 72.3 Å². The Kier molecular flexibility index (Phi) is 7.01. The van der Waals surface area contributed by atoms with Crippen molar-refractivity contribution in [2.24, 2.45) is 0 Å². The molecule has 1 aromatic heterocycles. The summed E-state index contributed by atoms with van der Waals surface area (Å²) in [5, 5.41) is 7.28. The number of nitrogens with one attached hydrogen (secondary N) is 1. The first-order chi connectivity index (χ1) is 15.6. The molecule has 0 spiro atoms. The number of methoxy groups -OCH3 is 1. The number of urea groups is 1. The van der Waals surface area contributed by atoms with Gasteiger partial charge in [0.25, 0.3) is 0 Å². The van der Waals surface area contributed by atoms with Crippen LogP contribution < -0.4 is 10.1 Å². The number of hydrogen-bond acceptors (Lipinski definition) is 5. The molecule has 2 amide bonds. The van der Waals surface area contributed by atoms with Crippen molar-refractivity contribution in [2.75, 3.05) is 33.3 Å². The summed E-state index contributed by atoms with van der Waals surface area (Å²) in [5.74, 6) is 0.870. The third kappa shape index (κ3) is 5.45. The Hall–Kier alpha value is -3.39. The van der Waals surface area contributed by atoms with E-state index in [1.165, 1.54) is 11.9 Å². The zero-order valence-electron chi connectivity index (χ0n) is 18.6. The molecule has 0 saturated carbocycles. The van der Waals surface area contributed by atoms with Gasteiger partial charge in [0.05, 0.1) is 18.8 Å². The molecular weight excluding hydrogens is 404 g/mol. The lowest BCUT2D eigenvalue weighted by atomic mass is 10.1. The molecule has 168 valence electrons. The molecule has 0 radical (unpaired) electrons. The maximum absolute atomic E-state index is 12.9. The van der Waals surface area contributed by atoms with E-state index in [1.54, 1.807) is 18.1 Å². The first-order valence-corrected chi connectivity index (χ1v) is 11.0. The van der Waals surface area contributed by atoms with Gasteiger partial charge in [-0.2, -0.15) is 5.10 Å². The normalized spacial score (nSPS) is 15.8. The molecule has 3 aromatic rings. The average Bonchev–Trinajstić information content (AvgIpc) is 3.26. The summed E-state index contributed by atoms with van der Waals surface area (Å²) in [7, 11) is 1.68. The van der Waals surface area contributed by atoms with Gasteiger partial charge in [-0.1, -0.05) is 24.3 Å². The Morgan fingerprint density at radius 1 is 1.06 bits per heavy atom. The molecule has 8 nitrogen and oxygen atoms in total. The minimum absolute atomic E-state index is 0.0100. The smallest absolute Gasteiger partial charge is 0.317 e. The van der Waals surface area contributed by atoms with Gasteiger partial charge in [-0.15, -0.1) is 0 Å². The number of carbonyl (C=O) groups is 1. The van der Waals surface area contributed by atoms with E-state index in [9.17, 15) is 4.79 Å². The summed E-state index contributed by atoms with van der Waals surface area (Å²) in [6, 6.07) is 16.1. The highest BCUT2D eigenvalue weighted by molar-refractivity contribution is 5.74. The van der Waals surface area contributed by atoms with Gasteiger partial charge >= 0.3 is 6.03 Å². The predicted octanol–water partition coefficient (Wildman–Crippen LogP) is 3.25. The van der Waals surface area contributed by atoms with Crippen molar-refractivity contribution in [3.63, 3.8) is 0 Å². The van der Waals surface area contributed by atoms with Crippen molar-refractivity contribution >= 4 is 6.03 Å². The van der Waals surface area contributed by atoms with Crippen molar-refractivity contribution in [3.8, 4) is 11.4 Å². The summed E-state index contributed by atoms with van der Waals surface area (Å²) in [4.78, 5) is 21.2. The Morgan fingerprint density at radius 3 is 2.53 bits per heavy atom. The molecular formula is C24H30N6O2. The van der Waals surface area contributed by atoms with Gasteiger partial charge in [0.1, 0.15) is 18.4 Å². The van der Waals surface area contributed by atoms with Crippen LogP contribution in [0.15, 0.2) is 61.2 Å². The number of benzene rings is 2. The van der Waals surface area contributed by atoms with E-state index in [0.29, 0.717) is 0 Å². The maximum atomic E-state index is 12.9. The lowest BCUT2D eigenvalue weighted by Gasteiger charge is -2.24. The standard InChI is InChI=1S/C24H30N6O2/c1-19(21-6-8-22(9-7-21)30-18-25-17-26-30)27-24(31)29-13-3-12-28(14-15-29)16-20-4-10-23(32-2)11-5-20/h4-11,17-19H,3,12-16H2,1-2H3,(H,27,31). The van der Waals surface area contributed by atoms with Crippen LogP contribution in [0.1, 0.15) is 30.5 Å². The van der Waals surface area contributed by atoms with Crippen LogP contribution in [0.5, 0.6) is 5.75 Å². The Labute approximate surface area is 188 Å². The van der Waals surface area contributed by atoms with Crippen LogP contribution >= 0.6 is 0 Å². The number of ether oxygens (including phenoxy) is 1. The number of hydrogen-bond donors (Lipinski definition) is 1. The Morgan fingerprint density at radius 2 is 1.84 bits per heavy atom. The number of amides is 2. The fraction of sp³-hybridized carbons (Fsp3) is 0.375. The van der Waals surface area contributed by atoms with Crippen LogP contribution in [0, 0.1) is 0 Å². The summed E-state index contributed by atoms with van der Waals surface area (Å²) in [6.45, 7) is 6.22. The first kappa shape index (κ1) is 21.8. The van der Waals surface area contributed by atoms with E-state index in [-0.39, 0.29) is 12.1 Å². The molecule has 1 fully saturated rings. The summed E-state index contributed by atoms with van der Waals surface area (Å²) >= 11 is 0. The second kappa shape index (κ2) is 10.3. The Bertz CT molecular complexity index is 988. The quantitative estimate of drug-likeness (QED) is 0.645. The van der Waals surface area contributed by atoms with E-state index < -0.39 is 0 Å². The van der Waals surface area contributed by atoms with Crippen molar-refractivity contribution < 1.29 is 9.53 Å². The van der Waals surface area contributed by atoms with Crippen molar-refractivity contribution in [1.82, 2.24) is 29.9 Å². The lowest BCUT2D eigenvalue weighted by molar-refractivity contribution is 0.194. The minimum atomic E-state index is -0.0778. The molecule has 8 heteroatoms. The summed E-state index contributed by atoms with van der Waals surface area (Å²) < 4.78 is 6.95. The van der Waals surface area contributed by atoms with E-state index in [1.807, 2.05) is 48.2 Å².